The highest BCUT2D eigenvalue weighted by Crippen LogP contribution is 2.37. The van der Waals surface area contributed by atoms with E-state index in [2.05, 4.69) is 5.32 Å². The minimum atomic E-state index is -0.344. The summed E-state index contributed by atoms with van der Waals surface area (Å²) in [6.45, 7) is 1.79. The van der Waals surface area contributed by atoms with Crippen LogP contribution in [0, 0.1) is 10.1 Å². The Morgan fingerprint density at radius 3 is 2.69 bits per heavy atom. The van der Waals surface area contributed by atoms with Gasteiger partial charge in [-0.2, -0.15) is 0 Å². The summed E-state index contributed by atoms with van der Waals surface area (Å²) >= 11 is 6.08. The van der Waals surface area contributed by atoms with Crippen molar-refractivity contribution in [3.8, 4) is 0 Å². The van der Waals surface area contributed by atoms with Crippen LogP contribution in [0.4, 0.5) is 5.69 Å². The van der Waals surface area contributed by atoms with Crippen LogP contribution < -0.4 is 5.32 Å². The zero-order valence-corrected chi connectivity index (χ0v) is 9.54. The van der Waals surface area contributed by atoms with Crippen molar-refractivity contribution in [1.82, 2.24) is 5.32 Å². The fraction of sp³-hybridized carbons (Fsp3) is 0.455. The summed E-state index contributed by atoms with van der Waals surface area (Å²) in [7, 11) is 0. The molecule has 4 nitrogen and oxygen atoms in total. The first-order valence-corrected chi connectivity index (χ1v) is 5.71. The number of nitro benzene ring substituents is 1. The highest BCUT2D eigenvalue weighted by molar-refractivity contribution is 6.31. The van der Waals surface area contributed by atoms with E-state index in [4.69, 9.17) is 11.6 Å². The van der Waals surface area contributed by atoms with Crippen molar-refractivity contribution in [1.29, 1.82) is 0 Å². The lowest BCUT2D eigenvalue weighted by Gasteiger charge is -2.23. The zero-order valence-electron chi connectivity index (χ0n) is 8.78. The van der Waals surface area contributed by atoms with Crippen LogP contribution in [-0.4, -0.2) is 18.0 Å². The van der Waals surface area contributed by atoms with Crippen molar-refractivity contribution in [2.75, 3.05) is 13.1 Å². The summed E-state index contributed by atoms with van der Waals surface area (Å²) in [4.78, 5) is 10.6. The summed E-state index contributed by atoms with van der Waals surface area (Å²) in [6, 6.07) is 4.89. The molecule has 0 atom stereocenters. The van der Waals surface area contributed by atoms with E-state index in [0.29, 0.717) is 10.6 Å². The molecular weight excluding hydrogens is 228 g/mol. The van der Waals surface area contributed by atoms with Gasteiger partial charge in [0.15, 0.2) is 0 Å². The second-order valence-corrected chi connectivity index (χ2v) is 4.36. The van der Waals surface area contributed by atoms with Gasteiger partial charge < -0.3 is 5.32 Å². The summed E-state index contributed by atoms with van der Waals surface area (Å²) in [5, 5.41) is 14.7. The Bertz CT molecular complexity index is 403. The van der Waals surface area contributed by atoms with Gasteiger partial charge in [0, 0.05) is 6.07 Å². The largest absolute Gasteiger partial charge is 0.317 e. The third kappa shape index (κ3) is 2.18. The fourth-order valence-corrected chi connectivity index (χ4v) is 2.52. The molecule has 1 aromatic rings. The van der Waals surface area contributed by atoms with E-state index in [1.165, 1.54) is 6.07 Å². The average molecular weight is 241 g/mol. The van der Waals surface area contributed by atoms with Gasteiger partial charge in [-0.1, -0.05) is 17.7 Å². The van der Waals surface area contributed by atoms with Gasteiger partial charge in [-0.25, -0.2) is 0 Å². The summed E-state index contributed by atoms with van der Waals surface area (Å²) in [6.07, 6.45) is 1.81. The molecule has 1 saturated heterocycles. The number of hydrogen-bond donors (Lipinski definition) is 1. The van der Waals surface area contributed by atoms with Crippen molar-refractivity contribution in [3.63, 3.8) is 0 Å². The Hall–Kier alpha value is -1.13. The van der Waals surface area contributed by atoms with E-state index in [1.807, 2.05) is 0 Å². The molecule has 1 aliphatic rings. The van der Waals surface area contributed by atoms with E-state index in [0.717, 1.165) is 25.9 Å². The number of nitrogens with zero attached hydrogens (tertiary/aromatic N) is 1. The molecule has 16 heavy (non-hydrogen) atoms. The number of nitrogens with one attached hydrogen (secondary N) is 1. The number of nitro groups is 1. The third-order valence-electron chi connectivity index (χ3n) is 2.97. The molecule has 0 aliphatic carbocycles. The molecule has 0 aromatic heterocycles. The molecule has 1 aromatic carbocycles. The van der Waals surface area contributed by atoms with Crippen molar-refractivity contribution in [2.45, 2.75) is 18.8 Å². The minimum Gasteiger partial charge on any atom is -0.317 e. The highest BCUT2D eigenvalue weighted by Gasteiger charge is 2.25. The van der Waals surface area contributed by atoms with E-state index >= 15 is 0 Å². The third-order valence-corrected chi connectivity index (χ3v) is 3.30. The van der Waals surface area contributed by atoms with Gasteiger partial charge in [0.2, 0.25) is 0 Å². The smallest absolute Gasteiger partial charge is 0.274 e. The van der Waals surface area contributed by atoms with Gasteiger partial charge >= 0.3 is 0 Å². The first kappa shape index (κ1) is 11.4. The topological polar surface area (TPSA) is 55.2 Å². The summed E-state index contributed by atoms with van der Waals surface area (Å²) in [5.41, 5.74) is 0.857. The number of hydrogen-bond acceptors (Lipinski definition) is 3. The quantitative estimate of drug-likeness (QED) is 0.639. The average Bonchev–Trinajstić information content (AvgIpc) is 2.29. The van der Waals surface area contributed by atoms with Gasteiger partial charge in [-0.05, 0) is 37.9 Å². The van der Waals surface area contributed by atoms with Crippen molar-refractivity contribution in [3.05, 3.63) is 38.9 Å². The van der Waals surface area contributed by atoms with Gasteiger partial charge in [0.25, 0.3) is 5.69 Å². The predicted molar refractivity (Wildman–Crippen MR) is 63.0 cm³/mol. The zero-order chi connectivity index (χ0) is 11.5. The molecule has 5 heteroatoms. The lowest BCUT2D eigenvalue weighted by Crippen LogP contribution is -2.27. The SMILES string of the molecule is O=[N+]([O-])c1cccc(Cl)c1C1CCNCC1. The molecule has 1 heterocycles. The van der Waals surface area contributed by atoms with Gasteiger partial charge in [-0.3, -0.25) is 10.1 Å². The van der Waals surface area contributed by atoms with Gasteiger partial charge in [0.05, 0.1) is 15.5 Å². The van der Waals surface area contributed by atoms with Crippen LogP contribution in [0.25, 0.3) is 0 Å². The molecule has 2 rings (SSSR count). The van der Waals surface area contributed by atoms with Crippen LogP contribution in [-0.2, 0) is 0 Å². The standard InChI is InChI=1S/C11H13ClN2O2/c12-9-2-1-3-10(14(15)16)11(9)8-4-6-13-7-5-8/h1-3,8,13H,4-7H2. The van der Waals surface area contributed by atoms with Crippen LogP contribution in [0.2, 0.25) is 5.02 Å². The Balaban J connectivity index is 2.40. The van der Waals surface area contributed by atoms with Crippen molar-refractivity contribution in [2.24, 2.45) is 0 Å². The summed E-state index contributed by atoms with van der Waals surface area (Å²) < 4.78 is 0. The second-order valence-electron chi connectivity index (χ2n) is 3.95. The van der Waals surface area contributed by atoms with Crippen LogP contribution >= 0.6 is 11.6 Å². The Kier molecular flexibility index (Phi) is 3.41. The Morgan fingerprint density at radius 2 is 2.06 bits per heavy atom. The maximum Gasteiger partial charge on any atom is 0.274 e. The predicted octanol–water partition coefficient (Wildman–Crippen LogP) is 2.72. The molecule has 0 amide bonds. The van der Waals surface area contributed by atoms with Gasteiger partial charge in [-0.15, -0.1) is 0 Å². The molecular formula is C11H13ClN2O2. The van der Waals surface area contributed by atoms with E-state index < -0.39 is 0 Å². The molecule has 1 aliphatic heterocycles. The second kappa shape index (κ2) is 4.80. The van der Waals surface area contributed by atoms with Crippen LogP contribution in [0.1, 0.15) is 24.3 Å². The number of benzene rings is 1. The van der Waals surface area contributed by atoms with Gasteiger partial charge in [0.1, 0.15) is 0 Å². The van der Waals surface area contributed by atoms with Crippen LogP contribution in [0.5, 0.6) is 0 Å². The maximum atomic E-state index is 10.9. The first-order chi connectivity index (χ1) is 7.70. The number of halogens is 1. The molecule has 0 bridgehead atoms. The molecule has 1 fully saturated rings. The Labute approximate surface area is 98.8 Å². The summed E-state index contributed by atoms with van der Waals surface area (Å²) in [5.74, 6) is 0.204. The van der Waals surface area contributed by atoms with Crippen LogP contribution in [0.3, 0.4) is 0 Å². The van der Waals surface area contributed by atoms with E-state index in [9.17, 15) is 10.1 Å². The molecule has 0 saturated carbocycles. The van der Waals surface area contributed by atoms with Crippen molar-refractivity contribution < 1.29 is 4.92 Å². The molecule has 0 radical (unpaired) electrons. The highest BCUT2D eigenvalue weighted by atomic mass is 35.5. The normalized spacial score (nSPS) is 17.3. The van der Waals surface area contributed by atoms with E-state index in [-0.39, 0.29) is 16.5 Å². The first-order valence-electron chi connectivity index (χ1n) is 5.33. The lowest BCUT2D eigenvalue weighted by atomic mass is 9.89. The molecule has 1 N–H and O–H groups in total. The van der Waals surface area contributed by atoms with Crippen LogP contribution in [0.15, 0.2) is 18.2 Å². The Morgan fingerprint density at radius 1 is 1.38 bits per heavy atom. The monoisotopic (exact) mass is 240 g/mol. The van der Waals surface area contributed by atoms with E-state index in [1.54, 1.807) is 12.1 Å². The van der Waals surface area contributed by atoms with Crippen molar-refractivity contribution >= 4 is 17.3 Å². The number of piperidine rings is 1. The molecule has 86 valence electrons. The lowest BCUT2D eigenvalue weighted by molar-refractivity contribution is -0.385. The number of rotatable bonds is 2. The molecule has 0 unspecified atom stereocenters. The molecule has 0 spiro atoms. The minimum absolute atomic E-state index is 0.152. The fourth-order valence-electron chi connectivity index (χ4n) is 2.20. The maximum absolute atomic E-state index is 10.9.